The molecule has 1 atom stereocenters. The van der Waals surface area contributed by atoms with Crippen molar-refractivity contribution < 1.29 is 26.4 Å². The molecule has 33 heavy (non-hydrogen) atoms. The van der Waals surface area contributed by atoms with Gasteiger partial charge in [0.1, 0.15) is 0 Å². The molecule has 2 aromatic heterocycles. The molecule has 176 valence electrons. The van der Waals surface area contributed by atoms with Crippen molar-refractivity contribution in [1.29, 1.82) is 0 Å². The molecule has 0 aliphatic carbocycles. The van der Waals surface area contributed by atoms with Crippen molar-refractivity contribution in [2.45, 2.75) is 19.1 Å². The second-order valence-corrected chi connectivity index (χ2v) is 8.85. The maximum Gasteiger partial charge on any atom is 0.412 e. The quantitative estimate of drug-likeness (QED) is 0.494. The van der Waals surface area contributed by atoms with Crippen LogP contribution in [-0.2, 0) is 17.1 Å². The number of sulfonamides is 1. The van der Waals surface area contributed by atoms with Crippen LogP contribution in [0.4, 0.5) is 29.5 Å². The Kier molecular flexibility index (Phi) is 6.58. The highest BCUT2D eigenvalue weighted by Crippen LogP contribution is 2.33. The van der Waals surface area contributed by atoms with Crippen LogP contribution in [0.15, 0.2) is 42.5 Å². The van der Waals surface area contributed by atoms with Crippen LogP contribution >= 0.6 is 0 Å². The molecule has 14 heteroatoms. The number of alkyl halides is 3. The van der Waals surface area contributed by atoms with Gasteiger partial charge in [-0.25, -0.2) is 22.9 Å². The van der Waals surface area contributed by atoms with Crippen molar-refractivity contribution >= 4 is 27.6 Å². The topological polar surface area (TPSA) is 131 Å². The van der Waals surface area contributed by atoms with Crippen LogP contribution in [-0.4, -0.2) is 46.9 Å². The van der Waals surface area contributed by atoms with Crippen LogP contribution in [0, 0.1) is 6.92 Å². The SMILES string of the molecule is Cc1nc(-c2nnn(C)c2NC(=O)NC(c2ccccc2)C(F)(F)F)ccc1NS(C)(=O)=O. The number of aryl methyl sites for hydroxylation is 2. The first-order chi connectivity index (χ1) is 15.3. The number of hydrogen-bond acceptors (Lipinski definition) is 6. The molecule has 0 aliphatic rings. The van der Waals surface area contributed by atoms with E-state index in [2.05, 4.69) is 25.3 Å². The fourth-order valence-electron chi connectivity index (χ4n) is 2.94. The van der Waals surface area contributed by atoms with Crippen LogP contribution in [0.2, 0.25) is 0 Å². The fraction of sp³-hybridized carbons (Fsp3) is 0.263. The Labute approximate surface area is 187 Å². The molecule has 2 amide bonds. The number of urea groups is 1. The van der Waals surface area contributed by atoms with Gasteiger partial charge in [0.05, 0.1) is 23.3 Å². The molecule has 2 heterocycles. The Morgan fingerprint density at radius 2 is 1.79 bits per heavy atom. The average Bonchev–Trinajstić information content (AvgIpc) is 3.07. The Bertz CT molecular complexity index is 1260. The van der Waals surface area contributed by atoms with E-state index in [1.807, 2.05) is 5.32 Å². The lowest BCUT2D eigenvalue weighted by Crippen LogP contribution is -2.40. The lowest BCUT2D eigenvalue weighted by atomic mass is 10.1. The normalized spacial score (nSPS) is 12.8. The van der Waals surface area contributed by atoms with Gasteiger partial charge < -0.3 is 5.32 Å². The van der Waals surface area contributed by atoms with Gasteiger partial charge in [-0.2, -0.15) is 13.2 Å². The number of nitrogens with zero attached hydrogens (tertiary/aromatic N) is 4. The first-order valence-electron chi connectivity index (χ1n) is 9.40. The highest BCUT2D eigenvalue weighted by molar-refractivity contribution is 7.92. The van der Waals surface area contributed by atoms with Gasteiger partial charge >= 0.3 is 12.2 Å². The van der Waals surface area contributed by atoms with E-state index < -0.39 is 28.3 Å². The third kappa shape index (κ3) is 5.97. The number of pyridine rings is 1. The molecular formula is C19H20F3N7O3S. The molecule has 0 fully saturated rings. The summed E-state index contributed by atoms with van der Waals surface area (Å²) in [7, 11) is -2.08. The number of amides is 2. The second kappa shape index (κ2) is 9.05. The predicted molar refractivity (Wildman–Crippen MR) is 115 cm³/mol. The maximum absolute atomic E-state index is 13.5. The Balaban J connectivity index is 1.85. The summed E-state index contributed by atoms with van der Waals surface area (Å²) in [5.74, 6) is -0.00258. The summed E-state index contributed by atoms with van der Waals surface area (Å²) >= 11 is 0. The lowest BCUT2D eigenvalue weighted by molar-refractivity contribution is -0.154. The molecule has 3 rings (SSSR count). The standard InChI is InChI=1S/C19H20F3N7O3S/c1-11-13(27-33(3,31)32)9-10-14(23-11)15-17(29(2)28-26-15)25-18(30)24-16(19(20,21)22)12-7-5-4-6-8-12/h4-10,16,27H,1-3H3,(H2,24,25,30). The van der Waals surface area contributed by atoms with Crippen molar-refractivity contribution in [2.75, 3.05) is 16.3 Å². The predicted octanol–water partition coefficient (Wildman–Crippen LogP) is 2.98. The highest BCUT2D eigenvalue weighted by atomic mass is 32.2. The number of nitrogens with one attached hydrogen (secondary N) is 3. The van der Waals surface area contributed by atoms with E-state index in [0.29, 0.717) is 5.69 Å². The van der Waals surface area contributed by atoms with Crippen molar-refractivity contribution in [3.8, 4) is 11.4 Å². The number of carbonyl (C=O) groups is 1. The van der Waals surface area contributed by atoms with E-state index in [9.17, 15) is 26.4 Å². The lowest BCUT2D eigenvalue weighted by Gasteiger charge is -2.22. The van der Waals surface area contributed by atoms with Crippen molar-refractivity contribution in [1.82, 2.24) is 25.3 Å². The molecule has 0 saturated heterocycles. The number of halogens is 3. The number of benzene rings is 1. The van der Waals surface area contributed by atoms with Gasteiger partial charge in [-0.15, -0.1) is 5.10 Å². The minimum absolute atomic E-state index is 0.00258. The summed E-state index contributed by atoms with van der Waals surface area (Å²) in [6.45, 7) is 1.56. The highest BCUT2D eigenvalue weighted by Gasteiger charge is 2.42. The summed E-state index contributed by atoms with van der Waals surface area (Å²) in [5, 5.41) is 12.0. The number of rotatable bonds is 6. The molecule has 0 saturated carbocycles. The van der Waals surface area contributed by atoms with Gasteiger partial charge in [0, 0.05) is 7.05 Å². The third-order valence-corrected chi connectivity index (χ3v) is 5.01. The Hall–Kier alpha value is -3.68. The molecule has 1 aromatic carbocycles. The molecule has 0 aliphatic heterocycles. The van der Waals surface area contributed by atoms with E-state index in [-0.39, 0.29) is 28.5 Å². The van der Waals surface area contributed by atoms with Crippen molar-refractivity contribution in [2.24, 2.45) is 7.05 Å². The van der Waals surface area contributed by atoms with E-state index in [1.54, 1.807) is 13.0 Å². The summed E-state index contributed by atoms with van der Waals surface area (Å²) in [4.78, 5) is 16.7. The smallest absolute Gasteiger partial charge is 0.322 e. The average molecular weight is 483 g/mol. The summed E-state index contributed by atoms with van der Waals surface area (Å²) in [6.07, 6.45) is -3.74. The van der Waals surface area contributed by atoms with Crippen molar-refractivity contribution in [3.63, 3.8) is 0 Å². The number of hydrogen-bond donors (Lipinski definition) is 3. The monoisotopic (exact) mass is 483 g/mol. The van der Waals surface area contributed by atoms with Gasteiger partial charge in [0.2, 0.25) is 10.0 Å². The molecule has 0 radical (unpaired) electrons. The van der Waals surface area contributed by atoms with Crippen LogP contribution < -0.4 is 15.4 Å². The largest absolute Gasteiger partial charge is 0.412 e. The van der Waals surface area contributed by atoms with Gasteiger partial charge in [0.15, 0.2) is 17.6 Å². The summed E-state index contributed by atoms with van der Waals surface area (Å²) in [6, 6.07) is 6.49. The van der Waals surface area contributed by atoms with E-state index in [4.69, 9.17) is 0 Å². The molecule has 3 aromatic rings. The van der Waals surface area contributed by atoms with Gasteiger partial charge in [0.25, 0.3) is 0 Å². The zero-order valence-electron chi connectivity index (χ0n) is 17.7. The van der Waals surface area contributed by atoms with E-state index in [0.717, 1.165) is 6.26 Å². The molecule has 3 N–H and O–H groups in total. The molecular weight excluding hydrogens is 463 g/mol. The molecule has 0 bridgehead atoms. The van der Waals surface area contributed by atoms with E-state index >= 15 is 0 Å². The molecule has 0 spiro atoms. The fourth-order valence-corrected chi connectivity index (χ4v) is 3.56. The van der Waals surface area contributed by atoms with Gasteiger partial charge in [-0.3, -0.25) is 10.0 Å². The maximum atomic E-state index is 13.5. The van der Waals surface area contributed by atoms with Crippen molar-refractivity contribution in [3.05, 3.63) is 53.7 Å². The summed E-state index contributed by atoms with van der Waals surface area (Å²) < 4.78 is 67.0. The number of anilines is 2. The third-order valence-electron chi connectivity index (χ3n) is 4.42. The Morgan fingerprint density at radius 1 is 1.12 bits per heavy atom. The first kappa shape index (κ1) is 24.0. The first-order valence-corrected chi connectivity index (χ1v) is 11.3. The zero-order chi connectivity index (χ0) is 24.4. The van der Waals surface area contributed by atoms with Gasteiger partial charge in [-0.05, 0) is 24.6 Å². The van der Waals surface area contributed by atoms with Crippen LogP contribution in [0.1, 0.15) is 17.3 Å². The Morgan fingerprint density at radius 3 is 2.36 bits per heavy atom. The minimum atomic E-state index is -4.73. The van der Waals surface area contributed by atoms with E-state index in [1.165, 1.54) is 48.1 Å². The second-order valence-electron chi connectivity index (χ2n) is 7.10. The van der Waals surface area contributed by atoms with Gasteiger partial charge in [-0.1, -0.05) is 35.5 Å². The van der Waals surface area contributed by atoms with Crippen LogP contribution in [0.5, 0.6) is 0 Å². The number of carbonyl (C=O) groups excluding carboxylic acids is 1. The zero-order valence-corrected chi connectivity index (χ0v) is 18.5. The van der Waals surface area contributed by atoms with Crippen LogP contribution in [0.3, 0.4) is 0 Å². The molecule has 10 nitrogen and oxygen atoms in total. The minimum Gasteiger partial charge on any atom is -0.322 e. The molecule has 1 unspecified atom stereocenters. The van der Waals surface area contributed by atoms with Crippen LogP contribution in [0.25, 0.3) is 11.4 Å². The number of aromatic nitrogens is 4. The summed E-state index contributed by atoms with van der Waals surface area (Å²) in [5.41, 5.74) is 0.749.